The van der Waals surface area contributed by atoms with Crippen LogP contribution >= 0.6 is 0 Å². The largest absolute Gasteiger partial charge is 0.441 e. The zero-order chi connectivity index (χ0) is 11.0. The molecule has 2 unspecified atom stereocenters. The normalized spacial score (nSPS) is 15.5. The Balaban J connectivity index is 2.46. The molecule has 2 atom stereocenters. The number of hydrogen-bond donors (Lipinski definition) is 2. The van der Waals surface area contributed by atoms with Crippen LogP contribution in [0.2, 0.25) is 0 Å². The third kappa shape index (κ3) is 1.86. The van der Waals surface area contributed by atoms with Crippen LogP contribution in [0.5, 0.6) is 0 Å². The van der Waals surface area contributed by atoms with E-state index in [-0.39, 0.29) is 12.1 Å². The summed E-state index contributed by atoms with van der Waals surface area (Å²) in [5.41, 5.74) is 14.3. The Morgan fingerprint density at radius 3 is 2.73 bits per heavy atom. The van der Waals surface area contributed by atoms with Crippen molar-refractivity contribution >= 4 is 11.1 Å². The van der Waals surface area contributed by atoms with Crippen molar-refractivity contribution in [2.24, 2.45) is 11.5 Å². The van der Waals surface area contributed by atoms with Crippen LogP contribution in [0.15, 0.2) is 22.6 Å². The monoisotopic (exact) mass is 205 g/mol. The van der Waals surface area contributed by atoms with Gasteiger partial charge in [-0.25, -0.2) is 4.98 Å². The first-order valence-electron chi connectivity index (χ1n) is 4.96. The lowest BCUT2D eigenvalue weighted by Crippen LogP contribution is -2.30. The zero-order valence-corrected chi connectivity index (χ0v) is 8.90. The Morgan fingerprint density at radius 2 is 2.07 bits per heavy atom. The quantitative estimate of drug-likeness (QED) is 0.778. The van der Waals surface area contributed by atoms with E-state index in [1.54, 1.807) is 0 Å². The minimum Gasteiger partial charge on any atom is -0.441 e. The number of nitrogens with two attached hydrogens (primary N) is 2. The Hall–Kier alpha value is -1.39. The van der Waals surface area contributed by atoms with Gasteiger partial charge in [0.1, 0.15) is 5.52 Å². The number of aryl methyl sites for hydroxylation is 1. The van der Waals surface area contributed by atoms with Crippen molar-refractivity contribution in [2.45, 2.75) is 25.9 Å². The molecule has 4 N–H and O–H groups in total. The van der Waals surface area contributed by atoms with Gasteiger partial charge in [0, 0.05) is 19.0 Å². The number of rotatable bonds is 2. The number of oxazole rings is 1. The van der Waals surface area contributed by atoms with Crippen molar-refractivity contribution in [1.82, 2.24) is 4.98 Å². The zero-order valence-electron chi connectivity index (χ0n) is 8.90. The smallest absolute Gasteiger partial charge is 0.192 e. The topological polar surface area (TPSA) is 78.1 Å². The minimum absolute atomic E-state index is 0.0773. The molecule has 1 aromatic heterocycles. The Morgan fingerprint density at radius 1 is 1.33 bits per heavy atom. The van der Waals surface area contributed by atoms with Gasteiger partial charge in [-0.2, -0.15) is 0 Å². The molecule has 0 aliphatic carbocycles. The van der Waals surface area contributed by atoms with Crippen LogP contribution in [0.3, 0.4) is 0 Å². The van der Waals surface area contributed by atoms with Crippen molar-refractivity contribution < 1.29 is 4.42 Å². The van der Waals surface area contributed by atoms with Crippen molar-refractivity contribution in [1.29, 1.82) is 0 Å². The highest BCUT2D eigenvalue weighted by Crippen LogP contribution is 2.21. The van der Waals surface area contributed by atoms with E-state index in [0.717, 1.165) is 16.7 Å². The number of nitrogens with zero attached hydrogens (tertiary/aromatic N) is 1. The number of fused-ring (bicyclic) bond motifs is 1. The van der Waals surface area contributed by atoms with Gasteiger partial charge >= 0.3 is 0 Å². The molecule has 0 aliphatic heterocycles. The van der Waals surface area contributed by atoms with Crippen molar-refractivity contribution in [3.05, 3.63) is 29.7 Å². The fourth-order valence-corrected chi connectivity index (χ4v) is 1.57. The number of aromatic nitrogens is 1. The molecule has 2 rings (SSSR count). The molecule has 80 valence electrons. The third-order valence-corrected chi connectivity index (χ3v) is 2.47. The minimum atomic E-state index is -0.167. The molecule has 1 heterocycles. The van der Waals surface area contributed by atoms with Crippen LogP contribution in [0.25, 0.3) is 11.1 Å². The molecule has 0 saturated heterocycles. The predicted molar refractivity (Wildman–Crippen MR) is 59.3 cm³/mol. The molecule has 4 heteroatoms. The summed E-state index contributed by atoms with van der Waals surface area (Å²) in [6, 6.07) is 5.51. The summed E-state index contributed by atoms with van der Waals surface area (Å²) in [6.07, 6.45) is 0. The summed E-state index contributed by atoms with van der Waals surface area (Å²) in [7, 11) is 0. The fraction of sp³-hybridized carbons (Fsp3) is 0.364. The van der Waals surface area contributed by atoms with Gasteiger partial charge in [0.2, 0.25) is 0 Å². The van der Waals surface area contributed by atoms with Gasteiger partial charge in [0.15, 0.2) is 11.5 Å². The molecule has 0 aliphatic rings. The lowest BCUT2D eigenvalue weighted by atomic mass is 10.0. The lowest BCUT2D eigenvalue weighted by Gasteiger charge is -2.15. The van der Waals surface area contributed by atoms with Crippen molar-refractivity contribution in [3.8, 4) is 0 Å². The van der Waals surface area contributed by atoms with E-state index in [1.165, 1.54) is 0 Å². The summed E-state index contributed by atoms with van der Waals surface area (Å²) in [5.74, 6) is 0.663. The van der Waals surface area contributed by atoms with E-state index in [1.807, 2.05) is 32.0 Å². The average molecular weight is 205 g/mol. The van der Waals surface area contributed by atoms with Crippen molar-refractivity contribution in [2.75, 3.05) is 0 Å². The van der Waals surface area contributed by atoms with Gasteiger partial charge in [-0.15, -0.1) is 0 Å². The van der Waals surface area contributed by atoms with Crippen LogP contribution < -0.4 is 11.5 Å². The predicted octanol–water partition coefficient (Wildman–Crippen LogP) is 1.48. The third-order valence-electron chi connectivity index (χ3n) is 2.47. The SMILES string of the molecule is Cc1nc2ccc(C(N)C(C)N)cc2o1. The van der Waals surface area contributed by atoms with E-state index in [9.17, 15) is 0 Å². The molecule has 15 heavy (non-hydrogen) atoms. The fourth-order valence-electron chi connectivity index (χ4n) is 1.57. The summed E-state index contributed by atoms with van der Waals surface area (Å²) in [4.78, 5) is 4.22. The second-order valence-electron chi connectivity index (χ2n) is 3.84. The molecule has 0 fully saturated rings. The van der Waals surface area contributed by atoms with E-state index in [0.29, 0.717) is 5.89 Å². The maximum absolute atomic E-state index is 5.95. The first-order valence-corrected chi connectivity index (χ1v) is 4.96. The van der Waals surface area contributed by atoms with Gasteiger partial charge in [-0.05, 0) is 24.6 Å². The van der Waals surface area contributed by atoms with Gasteiger partial charge in [0.25, 0.3) is 0 Å². The summed E-state index contributed by atoms with van der Waals surface area (Å²) >= 11 is 0. The Bertz CT molecular complexity index is 476. The van der Waals surface area contributed by atoms with Crippen LogP contribution in [-0.4, -0.2) is 11.0 Å². The first-order chi connectivity index (χ1) is 7.08. The number of hydrogen-bond acceptors (Lipinski definition) is 4. The molecular weight excluding hydrogens is 190 g/mol. The molecule has 4 nitrogen and oxygen atoms in total. The molecule has 0 radical (unpaired) electrons. The maximum atomic E-state index is 5.95. The second-order valence-corrected chi connectivity index (χ2v) is 3.84. The molecule has 0 amide bonds. The lowest BCUT2D eigenvalue weighted by molar-refractivity contribution is 0.557. The van der Waals surface area contributed by atoms with Crippen LogP contribution in [0, 0.1) is 6.92 Å². The van der Waals surface area contributed by atoms with Gasteiger partial charge < -0.3 is 15.9 Å². The molecule has 0 spiro atoms. The molecule has 0 saturated carbocycles. The van der Waals surface area contributed by atoms with E-state index >= 15 is 0 Å². The van der Waals surface area contributed by atoms with Crippen molar-refractivity contribution in [3.63, 3.8) is 0 Å². The summed E-state index contributed by atoms with van der Waals surface area (Å²) < 4.78 is 5.43. The van der Waals surface area contributed by atoms with Crippen LogP contribution in [0.1, 0.15) is 24.4 Å². The highest BCUT2D eigenvalue weighted by molar-refractivity contribution is 5.73. The molecular formula is C11H15N3O. The summed E-state index contributed by atoms with van der Waals surface area (Å²) in [5, 5.41) is 0. The van der Waals surface area contributed by atoms with Gasteiger partial charge in [-0.1, -0.05) is 6.07 Å². The molecule has 0 bridgehead atoms. The molecule has 2 aromatic rings. The molecule has 1 aromatic carbocycles. The van der Waals surface area contributed by atoms with Crippen LogP contribution in [-0.2, 0) is 0 Å². The number of benzene rings is 1. The highest BCUT2D eigenvalue weighted by atomic mass is 16.3. The highest BCUT2D eigenvalue weighted by Gasteiger charge is 2.12. The van der Waals surface area contributed by atoms with E-state index < -0.39 is 0 Å². The average Bonchev–Trinajstić information content (AvgIpc) is 2.55. The first kappa shape index (κ1) is 10.1. The second kappa shape index (κ2) is 3.64. The Labute approximate surface area is 88.3 Å². The van der Waals surface area contributed by atoms with Gasteiger partial charge in [-0.3, -0.25) is 0 Å². The van der Waals surface area contributed by atoms with E-state index in [4.69, 9.17) is 15.9 Å². The standard InChI is InChI=1S/C11H15N3O/c1-6(12)11(13)8-3-4-9-10(5-8)15-7(2)14-9/h3-6,11H,12-13H2,1-2H3. The maximum Gasteiger partial charge on any atom is 0.192 e. The summed E-state index contributed by atoms with van der Waals surface area (Å²) in [6.45, 7) is 3.71. The van der Waals surface area contributed by atoms with Crippen LogP contribution in [0.4, 0.5) is 0 Å². The Kier molecular flexibility index (Phi) is 2.46. The van der Waals surface area contributed by atoms with Gasteiger partial charge in [0.05, 0.1) is 0 Å². The van der Waals surface area contributed by atoms with E-state index in [2.05, 4.69) is 4.98 Å².